The van der Waals surface area contributed by atoms with Crippen molar-refractivity contribution in [1.29, 1.82) is 0 Å². The quantitative estimate of drug-likeness (QED) is 0.642. The molecule has 3 unspecified atom stereocenters. The lowest BCUT2D eigenvalue weighted by molar-refractivity contribution is -0.137. The molecule has 0 radical (unpaired) electrons. The van der Waals surface area contributed by atoms with Crippen molar-refractivity contribution in [3.05, 3.63) is 0 Å². The van der Waals surface area contributed by atoms with E-state index in [1.165, 1.54) is 0 Å². The second-order valence-corrected chi connectivity index (χ2v) is 6.93. The van der Waals surface area contributed by atoms with E-state index in [9.17, 15) is 9.00 Å². The van der Waals surface area contributed by atoms with Crippen molar-refractivity contribution >= 4 is 16.9 Å². The van der Waals surface area contributed by atoms with E-state index in [4.69, 9.17) is 0 Å². The second-order valence-electron chi connectivity index (χ2n) is 5.46. The van der Waals surface area contributed by atoms with Gasteiger partial charge in [-0.25, -0.2) is 8.51 Å². The molecule has 20 heavy (non-hydrogen) atoms. The molecule has 0 aliphatic heterocycles. The Morgan fingerprint density at radius 2 is 1.65 bits per heavy atom. The standard InChI is InChI=1S/C14H31N3O2S/c1-8-12(10-11-16(5)20(7)19)17(6)14(18)13(9-2)15(3)4/h12-13H,8-11H2,1-7H3. The average Bonchev–Trinajstić information content (AvgIpc) is 2.38. The average molecular weight is 305 g/mol. The predicted octanol–water partition coefficient (Wildman–Crippen LogP) is 1.18. The molecule has 0 rings (SSSR count). The Hall–Kier alpha value is -0.460. The Morgan fingerprint density at radius 3 is 2.00 bits per heavy atom. The third-order valence-electron chi connectivity index (χ3n) is 3.88. The number of carbonyl (C=O) groups excluding carboxylic acids is 1. The largest absolute Gasteiger partial charge is 0.341 e. The van der Waals surface area contributed by atoms with Crippen LogP contribution in [0.4, 0.5) is 0 Å². The SMILES string of the molecule is CCC(C(=O)N(C)C(CC)CCN(C)S(C)=O)N(C)C. The summed E-state index contributed by atoms with van der Waals surface area (Å²) in [6, 6.07) is 0.134. The Kier molecular flexibility index (Phi) is 9.25. The molecule has 0 N–H and O–H groups in total. The number of hydrogen-bond acceptors (Lipinski definition) is 3. The number of rotatable bonds is 9. The van der Waals surface area contributed by atoms with Gasteiger partial charge in [0.25, 0.3) is 0 Å². The summed E-state index contributed by atoms with van der Waals surface area (Å²) in [5.74, 6) is 0.171. The van der Waals surface area contributed by atoms with Crippen LogP contribution in [-0.4, -0.2) is 77.3 Å². The number of nitrogens with zero attached hydrogens (tertiary/aromatic N) is 3. The maximum atomic E-state index is 12.5. The van der Waals surface area contributed by atoms with E-state index in [0.717, 1.165) is 25.8 Å². The second kappa shape index (κ2) is 9.47. The van der Waals surface area contributed by atoms with Gasteiger partial charge in [-0.3, -0.25) is 9.69 Å². The Labute approximate surface area is 126 Å². The molecule has 0 bridgehead atoms. The molecule has 6 heteroatoms. The van der Waals surface area contributed by atoms with Crippen LogP contribution < -0.4 is 0 Å². The summed E-state index contributed by atoms with van der Waals surface area (Å²) in [5.41, 5.74) is 0. The van der Waals surface area contributed by atoms with Gasteiger partial charge in [-0.05, 0) is 40.4 Å². The van der Waals surface area contributed by atoms with Crippen LogP contribution in [0.2, 0.25) is 0 Å². The van der Waals surface area contributed by atoms with E-state index in [0.29, 0.717) is 0 Å². The molecule has 120 valence electrons. The monoisotopic (exact) mass is 305 g/mol. The molecule has 0 fully saturated rings. The summed E-state index contributed by atoms with van der Waals surface area (Å²) >= 11 is 0. The van der Waals surface area contributed by atoms with Gasteiger partial charge in [-0.1, -0.05) is 13.8 Å². The lowest BCUT2D eigenvalue weighted by atomic mass is 10.1. The van der Waals surface area contributed by atoms with Gasteiger partial charge < -0.3 is 4.90 Å². The fraction of sp³-hybridized carbons (Fsp3) is 0.929. The highest BCUT2D eigenvalue weighted by atomic mass is 32.2. The summed E-state index contributed by atoms with van der Waals surface area (Å²) in [7, 11) is 6.66. The molecule has 0 aromatic carbocycles. The first-order chi connectivity index (χ1) is 9.26. The zero-order valence-electron chi connectivity index (χ0n) is 14.0. The first-order valence-electron chi connectivity index (χ1n) is 7.23. The molecule has 3 atom stereocenters. The van der Waals surface area contributed by atoms with Crippen LogP contribution in [0.5, 0.6) is 0 Å². The highest BCUT2D eigenvalue weighted by Crippen LogP contribution is 2.12. The Morgan fingerprint density at radius 1 is 1.10 bits per heavy atom. The third kappa shape index (κ3) is 5.89. The minimum absolute atomic E-state index is 0.0629. The number of hydrogen-bond donors (Lipinski definition) is 0. The van der Waals surface area contributed by atoms with Gasteiger partial charge in [0.1, 0.15) is 0 Å². The van der Waals surface area contributed by atoms with Gasteiger partial charge in [-0.2, -0.15) is 0 Å². The molecule has 0 heterocycles. The van der Waals surface area contributed by atoms with Crippen molar-refractivity contribution in [2.75, 3.05) is 41.0 Å². The fourth-order valence-corrected chi connectivity index (χ4v) is 2.67. The van der Waals surface area contributed by atoms with E-state index in [2.05, 4.69) is 6.92 Å². The van der Waals surface area contributed by atoms with Crippen molar-refractivity contribution in [3.8, 4) is 0 Å². The predicted molar refractivity (Wildman–Crippen MR) is 85.9 cm³/mol. The van der Waals surface area contributed by atoms with E-state index in [-0.39, 0.29) is 18.0 Å². The lowest BCUT2D eigenvalue weighted by Gasteiger charge is -2.33. The molecule has 0 aromatic heterocycles. The molecule has 0 aliphatic carbocycles. The van der Waals surface area contributed by atoms with Crippen molar-refractivity contribution in [1.82, 2.24) is 14.1 Å². The molecule has 0 saturated heterocycles. The first kappa shape index (κ1) is 19.5. The summed E-state index contributed by atoms with van der Waals surface area (Å²) in [6.45, 7) is 4.86. The third-order valence-corrected chi connectivity index (χ3v) is 4.94. The van der Waals surface area contributed by atoms with Gasteiger partial charge >= 0.3 is 0 Å². The van der Waals surface area contributed by atoms with Crippen LogP contribution in [0.15, 0.2) is 0 Å². The highest BCUT2D eigenvalue weighted by Gasteiger charge is 2.26. The van der Waals surface area contributed by atoms with Crippen molar-refractivity contribution in [3.63, 3.8) is 0 Å². The van der Waals surface area contributed by atoms with Crippen LogP contribution >= 0.6 is 0 Å². The van der Waals surface area contributed by atoms with Crippen LogP contribution in [0.1, 0.15) is 33.1 Å². The zero-order chi connectivity index (χ0) is 15.9. The fourth-order valence-electron chi connectivity index (χ4n) is 2.31. The van der Waals surface area contributed by atoms with E-state index in [1.807, 2.05) is 49.2 Å². The first-order valence-corrected chi connectivity index (χ1v) is 8.75. The van der Waals surface area contributed by atoms with Gasteiger partial charge in [0.05, 0.1) is 17.0 Å². The van der Waals surface area contributed by atoms with Gasteiger partial charge in [0.2, 0.25) is 5.91 Å². The number of likely N-dealkylation sites (N-methyl/N-ethyl adjacent to an activating group) is 2. The van der Waals surface area contributed by atoms with Crippen molar-refractivity contribution in [2.45, 2.75) is 45.2 Å². The molecule has 1 amide bonds. The van der Waals surface area contributed by atoms with E-state index < -0.39 is 11.0 Å². The number of carbonyl (C=O) groups is 1. The smallest absolute Gasteiger partial charge is 0.239 e. The van der Waals surface area contributed by atoms with Crippen LogP contribution in [0.25, 0.3) is 0 Å². The van der Waals surface area contributed by atoms with Crippen LogP contribution in [0.3, 0.4) is 0 Å². The maximum absolute atomic E-state index is 12.5. The van der Waals surface area contributed by atoms with E-state index in [1.54, 1.807) is 6.26 Å². The van der Waals surface area contributed by atoms with E-state index >= 15 is 0 Å². The molecule has 0 aromatic rings. The molecule has 0 saturated carbocycles. The summed E-state index contributed by atoms with van der Waals surface area (Å²) in [6.07, 6.45) is 4.25. The molecule has 5 nitrogen and oxygen atoms in total. The molecular weight excluding hydrogens is 274 g/mol. The zero-order valence-corrected chi connectivity index (χ0v) is 14.9. The van der Waals surface area contributed by atoms with Crippen molar-refractivity contribution in [2.24, 2.45) is 0 Å². The Bertz CT molecular complexity index is 324. The minimum Gasteiger partial charge on any atom is -0.341 e. The number of amides is 1. The Balaban J connectivity index is 4.64. The van der Waals surface area contributed by atoms with Gasteiger partial charge in [-0.15, -0.1) is 0 Å². The van der Waals surface area contributed by atoms with Crippen molar-refractivity contribution < 1.29 is 9.00 Å². The molecule has 0 spiro atoms. The topological polar surface area (TPSA) is 43.9 Å². The van der Waals surface area contributed by atoms with Crippen LogP contribution in [0, 0.1) is 0 Å². The normalized spacial score (nSPS) is 16.2. The highest BCUT2D eigenvalue weighted by molar-refractivity contribution is 7.81. The van der Waals surface area contributed by atoms with Crippen LogP contribution in [-0.2, 0) is 15.8 Å². The molecular formula is C14H31N3O2S. The summed E-state index contributed by atoms with van der Waals surface area (Å²) < 4.78 is 13.2. The summed E-state index contributed by atoms with van der Waals surface area (Å²) in [5, 5.41) is 0. The van der Waals surface area contributed by atoms with Gasteiger partial charge in [0, 0.05) is 25.9 Å². The minimum atomic E-state index is -0.949. The summed E-state index contributed by atoms with van der Waals surface area (Å²) in [4.78, 5) is 16.3. The maximum Gasteiger partial charge on any atom is 0.239 e. The molecule has 0 aliphatic rings. The lowest BCUT2D eigenvalue weighted by Crippen LogP contribution is -2.48. The van der Waals surface area contributed by atoms with Gasteiger partial charge in [0.15, 0.2) is 0 Å².